The second-order valence-electron chi connectivity index (χ2n) is 6.47. The Labute approximate surface area is 151 Å². The summed E-state index contributed by atoms with van der Waals surface area (Å²) in [4.78, 5) is 13.5. The Hall–Kier alpha value is -2.14. The second kappa shape index (κ2) is 7.00. The molecule has 4 rings (SSSR count). The number of carbonyl (C=O) groups excluding carboxylic acids is 1. The second-order valence-corrected chi connectivity index (χ2v) is 7.52. The molecule has 1 N–H and O–H groups in total. The van der Waals surface area contributed by atoms with E-state index >= 15 is 0 Å². The zero-order valence-electron chi connectivity index (χ0n) is 14.2. The zero-order valence-corrected chi connectivity index (χ0v) is 15.0. The van der Waals surface area contributed by atoms with Gasteiger partial charge in [-0.1, -0.05) is 12.1 Å². The number of hydrogen-bond donors (Lipinski definition) is 1. The van der Waals surface area contributed by atoms with Crippen LogP contribution in [0, 0.1) is 0 Å². The molecule has 25 heavy (non-hydrogen) atoms. The molecule has 1 amide bonds. The van der Waals surface area contributed by atoms with Crippen molar-refractivity contribution in [3.8, 4) is 11.5 Å². The number of aryl methyl sites for hydroxylation is 2. The van der Waals surface area contributed by atoms with E-state index in [4.69, 9.17) is 9.47 Å². The molecule has 0 radical (unpaired) electrons. The fraction of sp³-hybridized carbons (Fsp3) is 0.350. The molecule has 5 heteroatoms. The van der Waals surface area contributed by atoms with Gasteiger partial charge in [-0.2, -0.15) is 0 Å². The van der Waals surface area contributed by atoms with Crippen LogP contribution in [0.5, 0.6) is 11.5 Å². The van der Waals surface area contributed by atoms with Crippen LogP contribution in [0.4, 0.5) is 0 Å². The summed E-state index contributed by atoms with van der Waals surface area (Å²) in [6.07, 6.45) is 3.60. The van der Waals surface area contributed by atoms with Crippen LogP contribution in [-0.4, -0.2) is 18.5 Å². The molecule has 1 atom stereocenters. The molecule has 130 valence electrons. The van der Waals surface area contributed by atoms with E-state index in [-0.39, 0.29) is 18.7 Å². The monoisotopic (exact) mass is 355 g/mol. The van der Waals surface area contributed by atoms with Gasteiger partial charge in [0.15, 0.2) is 11.5 Å². The van der Waals surface area contributed by atoms with E-state index in [9.17, 15) is 4.79 Å². The topological polar surface area (TPSA) is 47.6 Å². The van der Waals surface area contributed by atoms with Gasteiger partial charge in [0.05, 0.1) is 11.8 Å². The fourth-order valence-corrected chi connectivity index (χ4v) is 4.11. The summed E-state index contributed by atoms with van der Waals surface area (Å²) in [5.74, 6) is 1.96. The summed E-state index contributed by atoms with van der Waals surface area (Å²) < 4.78 is 10.7. The lowest BCUT2D eigenvalue weighted by atomic mass is 10.1. The van der Waals surface area contributed by atoms with Crippen LogP contribution in [-0.2, 0) is 17.6 Å². The SMILES string of the molecule is C[C@H](NC(=O)CSc1ccc2c(c1)CCC2)c1ccc2c(c1)OCO2. The van der Waals surface area contributed by atoms with Crippen LogP contribution >= 0.6 is 11.8 Å². The van der Waals surface area contributed by atoms with E-state index in [0.29, 0.717) is 5.75 Å². The molecule has 2 aromatic rings. The van der Waals surface area contributed by atoms with Crippen molar-refractivity contribution in [1.29, 1.82) is 0 Å². The molecule has 0 aromatic heterocycles. The van der Waals surface area contributed by atoms with Gasteiger partial charge in [-0.3, -0.25) is 4.79 Å². The quantitative estimate of drug-likeness (QED) is 0.827. The normalized spacial score (nSPS) is 15.7. The average Bonchev–Trinajstić information content (AvgIpc) is 3.27. The summed E-state index contributed by atoms with van der Waals surface area (Å²) in [5, 5.41) is 3.05. The van der Waals surface area contributed by atoms with Crippen LogP contribution in [0.25, 0.3) is 0 Å². The smallest absolute Gasteiger partial charge is 0.231 e. The van der Waals surface area contributed by atoms with Crippen LogP contribution in [0.15, 0.2) is 41.3 Å². The van der Waals surface area contributed by atoms with E-state index < -0.39 is 0 Å². The summed E-state index contributed by atoms with van der Waals surface area (Å²) in [7, 11) is 0. The number of thioether (sulfide) groups is 1. The Morgan fingerprint density at radius 1 is 1.12 bits per heavy atom. The molecule has 0 saturated heterocycles. The van der Waals surface area contributed by atoms with E-state index in [0.717, 1.165) is 23.5 Å². The number of hydrogen-bond acceptors (Lipinski definition) is 4. The van der Waals surface area contributed by atoms with Crippen molar-refractivity contribution in [3.05, 3.63) is 53.1 Å². The molecule has 0 spiro atoms. The standard InChI is InChI=1S/C20H21NO3S/c1-13(15-6-8-18-19(10-15)24-12-23-18)21-20(22)11-25-17-7-5-14-3-2-4-16(14)9-17/h5-10,13H,2-4,11-12H2,1H3,(H,21,22)/t13-/m0/s1. The summed E-state index contributed by atoms with van der Waals surface area (Å²) >= 11 is 1.60. The molecule has 0 unspecified atom stereocenters. The van der Waals surface area contributed by atoms with Crippen LogP contribution in [0.2, 0.25) is 0 Å². The number of carbonyl (C=O) groups is 1. The maximum Gasteiger partial charge on any atom is 0.231 e. The highest BCUT2D eigenvalue weighted by Crippen LogP contribution is 2.34. The van der Waals surface area contributed by atoms with Crippen molar-refractivity contribution in [2.75, 3.05) is 12.5 Å². The number of benzene rings is 2. The van der Waals surface area contributed by atoms with E-state index in [1.54, 1.807) is 11.8 Å². The maximum atomic E-state index is 12.3. The van der Waals surface area contributed by atoms with Gasteiger partial charge >= 0.3 is 0 Å². The third-order valence-corrected chi connectivity index (χ3v) is 5.71. The molecular weight excluding hydrogens is 334 g/mol. The predicted octanol–water partition coefficient (Wildman–Crippen LogP) is 3.87. The molecule has 4 nitrogen and oxygen atoms in total. The highest BCUT2D eigenvalue weighted by atomic mass is 32.2. The summed E-state index contributed by atoms with van der Waals surface area (Å²) in [5.41, 5.74) is 3.92. The molecule has 1 aliphatic carbocycles. The molecule has 0 bridgehead atoms. The van der Waals surface area contributed by atoms with Crippen molar-refractivity contribution >= 4 is 17.7 Å². The van der Waals surface area contributed by atoms with E-state index in [1.807, 2.05) is 25.1 Å². The highest BCUT2D eigenvalue weighted by molar-refractivity contribution is 8.00. The Kier molecular flexibility index (Phi) is 4.57. The Morgan fingerprint density at radius 3 is 2.88 bits per heavy atom. The molecule has 2 aliphatic rings. The number of amides is 1. The summed E-state index contributed by atoms with van der Waals surface area (Å²) in [6, 6.07) is 12.3. The van der Waals surface area contributed by atoms with Gasteiger partial charge in [0, 0.05) is 4.90 Å². The minimum absolute atomic E-state index is 0.0377. The number of ether oxygens (including phenoxy) is 2. The Balaban J connectivity index is 1.32. The van der Waals surface area contributed by atoms with Gasteiger partial charge in [-0.05, 0) is 67.1 Å². The first kappa shape index (κ1) is 16.3. The zero-order chi connectivity index (χ0) is 17.2. The minimum atomic E-state index is -0.0670. The van der Waals surface area contributed by atoms with E-state index in [1.165, 1.54) is 28.9 Å². The lowest BCUT2D eigenvalue weighted by Gasteiger charge is -2.15. The van der Waals surface area contributed by atoms with Gasteiger partial charge < -0.3 is 14.8 Å². The number of rotatable bonds is 5. The van der Waals surface area contributed by atoms with Crippen LogP contribution in [0.3, 0.4) is 0 Å². The van der Waals surface area contributed by atoms with Crippen molar-refractivity contribution < 1.29 is 14.3 Å². The molecule has 2 aromatic carbocycles. The Morgan fingerprint density at radius 2 is 1.96 bits per heavy atom. The number of fused-ring (bicyclic) bond motifs is 2. The van der Waals surface area contributed by atoms with E-state index in [2.05, 4.69) is 23.5 Å². The van der Waals surface area contributed by atoms with Crippen molar-refractivity contribution in [2.24, 2.45) is 0 Å². The number of nitrogens with one attached hydrogen (secondary N) is 1. The van der Waals surface area contributed by atoms with Gasteiger partial charge in [0.2, 0.25) is 12.7 Å². The van der Waals surface area contributed by atoms with Crippen molar-refractivity contribution in [1.82, 2.24) is 5.32 Å². The third-order valence-electron chi connectivity index (χ3n) is 4.71. The average molecular weight is 355 g/mol. The third kappa shape index (κ3) is 3.61. The molecule has 1 heterocycles. The van der Waals surface area contributed by atoms with Gasteiger partial charge in [0.25, 0.3) is 0 Å². The van der Waals surface area contributed by atoms with Crippen LogP contribution < -0.4 is 14.8 Å². The fourth-order valence-electron chi connectivity index (χ4n) is 3.34. The largest absolute Gasteiger partial charge is 0.454 e. The van der Waals surface area contributed by atoms with Crippen LogP contribution in [0.1, 0.15) is 36.1 Å². The molecule has 0 fully saturated rings. The Bertz CT molecular complexity index is 806. The predicted molar refractivity (Wildman–Crippen MR) is 98.3 cm³/mol. The highest BCUT2D eigenvalue weighted by Gasteiger charge is 2.17. The molecule has 0 saturated carbocycles. The molecule has 1 aliphatic heterocycles. The maximum absolute atomic E-state index is 12.3. The van der Waals surface area contributed by atoms with Crippen molar-refractivity contribution in [3.63, 3.8) is 0 Å². The van der Waals surface area contributed by atoms with Crippen molar-refractivity contribution in [2.45, 2.75) is 37.1 Å². The first-order valence-electron chi connectivity index (χ1n) is 8.62. The van der Waals surface area contributed by atoms with Gasteiger partial charge in [0.1, 0.15) is 0 Å². The minimum Gasteiger partial charge on any atom is -0.454 e. The lowest BCUT2D eigenvalue weighted by molar-refractivity contribution is -0.119. The molecular formula is C20H21NO3S. The van der Waals surface area contributed by atoms with Gasteiger partial charge in [-0.25, -0.2) is 0 Å². The lowest BCUT2D eigenvalue weighted by Crippen LogP contribution is -2.28. The van der Waals surface area contributed by atoms with Gasteiger partial charge in [-0.15, -0.1) is 11.8 Å². The summed E-state index contributed by atoms with van der Waals surface area (Å²) in [6.45, 7) is 2.24. The first-order chi connectivity index (χ1) is 12.2. The first-order valence-corrected chi connectivity index (χ1v) is 9.61.